The van der Waals surface area contributed by atoms with E-state index in [1.807, 2.05) is 0 Å². The Morgan fingerprint density at radius 1 is 1.22 bits per heavy atom. The second kappa shape index (κ2) is 7.77. The van der Waals surface area contributed by atoms with E-state index in [2.05, 4.69) is 10.4 Å². The normalized spacial score (nSPS) is 11.8. The highest BCUT2D eigenvalue weighted by Gasteiger charge is 2.17. The molecule has 9 heteroatoms. The number of benzene rings is 2. The minimum atomic E-state index is -0.488. The minimum Gasteiger partial charge on any atom is -0.344 e. The molecule has 0 aliphatic heterocycles. The SMILES string of the molecule is CC(NC(=O)c1ccn(-c2cccc([N+](=O)[O-])c2)n1)c1ccc(Cl)cc1Cl. The van der Waals surface area contributed by atoms with Crippen molar-refractivity contribution in [3.05, 3.63) is 86.1 Å². The number of carbonyl (C=O) groups excluding carboxylic acids is 1. The molecule has 0 aliphatic rings. The van der Waals surface area contributed by atoms with Gasteiger partial charge < -0.3 is 5.32 Å². The van der Waals surface area contributed by atoms with Gasteiger partial charge in [0.15, 0.2) is 5.69 Å². The lowest BCUT2D eigenvalue weighted by Gasteiger charge is -2.15. The van der Waals surface area contributed by atoms with Gasteiger partial charge in [-0.3, -0.25) is 14.9 Å². The van der Waals surface area contributed by atoms with Crippen LogP contribution >= 0.6 is 23.2 Å². The molecule has 0 aliphatic carbocycles. The Morgan fingerprint density at radius 2 is 2.00 bits per heavy atom. The number of nitrogens with zero attached hydrogens (tertiary/aromatic N) is 3. The number of hydrogen-bond acceptors (Lipinski definition) is 4. The zero-order valence-corrected chi connectivity index (χ0v) is 15.6. The second-order valence-corrected chi connectivity index (χ2v) is 6.63. The molecule has 0 radical (unpaired) electrons. The third-order valence-electron chi connectivity index (χ3n) is 3.90. The Hall–Kier alpha value is -2.90. The first-order valence-corrected chi connectivity index (χ1v) is 8.67. The van der Waals surface area contributed by atoms with Crippen molar-refractivity contribution < 1.29 is 9.72 Å². The van der Waals surface area contributed by atoms with Crippen molar-refractivity contribution in [1.82, 2.24) is 15.1 Å². The number of hydrogen-bond donors (Lipinski definition) is 1. The van der Waals surface area contributed by atoms with Gasteiger partial charge in [-0.05, 0) is 36.8 Å². The molecule has 138 valence electrons. The van der Waals surface area contributed by atoms with Crippen LogP contribution in [0.15, 0.2) is 54.7 Å². The molecule has 1 heterocycles. The van der Waals surface area contributed by atoms with E-state index < -0.39 is 10.8 Å². The van der Waals surface area contributed by atoms with Gasteiger partial charge in [0.1, 0.15) is 0 Å². The van der Waals surface area contributed by atoms with Crippen LogP contribution in [0.4, 0.5) is 5.69 Å². The maximum absolute atomic E-state index is 12.5. The number of rotatable bonds is 5. The Labute approximate surface area is 164 Å². The topological polar surface area (TPSA) is 90.1 Å². The maximum atomic E-state index is 12.5. The highest BCUT2D eigenvalue weighted by atomic mass is 35.5. The molecule has 3 rings (SSSR count). The maximum Gasteiger partial charge on any atom is 0.272 e. The smallest absolute Gasteiger partial charge is 0.272 e. The van der Waals surface area contributed by atoms with E-state index in [0.29, 0.717) is 15.7 Å². The monoisotopic (exact) mass is 404 g/mol. The van der Waals surface area contributed by atoms with Crippen LogP contribution in [0.2, 0.25) is 10.0 Å². The van der Waals surface area contributed by atoms with E-state index in [1.165, 1.54) is 22.9 Å². The number of carbonyl (C=O) groups is 1. The van der Waals surface area contributed by atoms with E-state index in [1.54, 1.807) is 43.5 Å². The van der Waals surface area contributed by atoms with Crippen molar-refractivity contribution in [2.24, 2.45) is 0 Å². The molecule has 1 aromatic heterocycles. The van der Waals surface area contributed by atoms with Crippen LogP contribution in [0.5, 0.6) is 0 Å². The molecule has 0 saturated carbocycles. The standard InChI is InChI=1S/C18H14Cl2N4O3/c1-11(15-6-5-12(19)9-16(15)20)21-18(25)17-7-8-23(22-17)13-3-2-4-14(10-13)24(26)27/h2-11H,1H3,(H,21,25). The summed E-state index contributed by atoms with van der Waals surface area (Å²) in [4.78, 5) is 22.9. The van der Waals surface area contributed by atoms with Crippen molar-refractivity contribution >= 4 is 34.8 Å². The third kappa shape index (κ3) is 4.27. The molecule has 0 fully saturated rings. The Balaban J connectivity index is 1.77. The zero-order valence-electron chi connectivity index (χ0n) is 14.1. The molecule has 2 aromatic carbocycles. The molecule has 1 atom stereocenters. The summed E-state index contributed by atoms with van der Waals surface area (Å²) in [5.74, 6) is -0.391. The number of non-ortho nitro benzene ring substituents is 1. The molecule has 0 bridgehead atoms. The van der Waals surface area contributed by atoms with Gasteiger partial charge in [-0.1, -0.05) is 35.3 Å². The zero-order chi connectivity index (χ0) is 19.6. The van der Waals surface area contributed by atoms with Gasteiger partial charge in [0.25, 0.3) is 11.6 Å². The van der Waals surface area contributed by atoms with Crippen LogP contribution in [-0.4, -0.2) is 20.6 Å². The first kappa shape index (κ1) is 18.9. The first-order valence-electron chi connectivity index (χ1n) is 7.91. The summed E-state index contributed by atoms with van der Waals surface area (Å²) in [5, 5.41) is 18.9. The van der Waals surface area contributed by atoms with Gasteiger partial charge in [0.05, 0.1) is 16.7 Å². The average Bonchev–Trinajstić information content (AvgIpc) is 3.12. The quantitative estimate of drug-likeness (QED) is 0.497. The van der Waals surface area contributed by atoms with Gasteiger partial charge in [-0.2, -0.15) is 5.10 Å². The van der Waals surface area contributed by atoms with Crippen molar-refractivity contribution in [1.29, 1.82) is 0 Å². The molecule has 7 nitrogen and oxygen atoms in total. The van der Waals surface area contributed by atoms with Gasteiger partial charge in [-0.25, -0.2) is 4.68 Å². The fourth-order valence-corrected chi connectivity index (χ4v) is 3.11. The molecular formula is C18H14Cl2N4O3. The summed E-state index contributed by atoms with van der Waals surface area (Å²) in [6, 6.07) is 12.2. The fraction of sp³-hybridized carbons (Fsp3) is 0.111. The van der Waals surface area contributed by atoms with Gasteiger partial charge >= 0.3 is 0 Å². The number of amides is 1. The number of aromatic nitrogens is 2. The Kier molecular flexibility index (Phi) is 5.43. The molecule has 1 N–H and O–H groups in total. The summed E-state index contributed by atoms with van der Waals surface area (Å²) in [6.07, 6.45) is 1.56. The molecule has 1 amide bonds. The van der Waals surface area contributed by atoms with Crippen LogP contribution in [-0.2, 0) is 0 Å². The summed E-state index contributed by atoms with van der Waals surface area (Å²) in [5.41, 5.74) is 1.34. The highest BCUT2D eigenvalue weighted by Crippen LogP contribution is 2.26. The van der Waals surface area contributed by atoms with Gasteiger partial charge in [-0.15, -0.1) is 0 Å². The molecule has 0 spiro atoms. The largest absolute Gasteiger partial charge is 0.344 e. The number of nitro benzene ring substituents is 1. The lowest BCUT2D eigenvalue weighted by atomic mass is 10.1. The summed E-state index contributed by atoms with van der Waals surface area (Å²) < 4.78 is 1.40. The van der Waals surface area contributed by atoms with E-state index in [9.17, 15) is 14.9 Å². The van der Waals surface area contributed by atoms with Crippen molar-refractivity contribution in [3.63, 3.8) is 0 Å². The van der Waals surface area contributed by atoms with Crippen molar-refractivity contribution in [2.45, 2.75) is 13.0 Å². The number of nitro groups is 1. The summed E-state index contributed by atoms with van der Waals surface area (Å²) >= 11 is 12.1. The molecule has 27 heavy (non-hydrogen) atoms. The fourth-order valence-electron chi connectivity index (χ4n) is 2.54. The van der Waals surface area contributed by atoms with Crippen LogP contribution in [0.3, 0.4) is 0 Å². The Bertz CT molecular complexity index is 1020. The lowest BCUT2D eigenvalue weighted by Crippen LogP contribution is -2.27. The van der Waals surface area contributed by atoms with Gasteiger partial charge in [0.2, 0.25) is 0 Å². The molecular weight excluding hydrogens is 391 g/mol. The summed E-state index contributed by atoms with van der Waals surface area (Å²) in [6.45, 7) is 1.80. The average molecular weight is 405 g/mol. The predicted octanol–water partition coefficient (Wildman–Crippen LogP) is 4.58. The van der Waals surface area contributed by atoms with Crippen LogP contribution in [0.25, 0.3) is 5.69 Å². The highest BCUT2D eigenvalue weighted by molar-refractivity contribution is 6.35. The molecule has 0 saturated heterocycles. The summed E-state index contributed by atoms with van der Waals surface area (Å²) in [7, 11) is 0. The number of nitrogens with one attached hydrogen (secondary N) is 1. The van der Waals surface area contributed by atoms with E-state index in [0.717, 1.165) is 5.56 Å². The third-order valence-corrected chi connectivity index (χ3v) is 4.47. The minimum absolute atomic E-state index is 0.0556. The lowest BCUT2D eigenvalue weighted by molar-refractivity contribution is -0.384. The molecule has 3 aromatic rings. The van der Waals surface area contributed by atoms with E-state index in [4.69, 9.17) is 23.2 Å². The van der Waals surface area contributed by atoms with Gasteiger partial charge in [0, 0.05) is 28.4 Å². The van der Waals surface area contributed by atoms with Crippen LogP contribution in [0.1, 0.15) is 29.0 Å². The predicted molar refractivity (Wildman–Crippen MR) is 103 cm³/mol. The van der Waals surface area contributed by atoms with E-state index in [-0.39, 0.29) is 17.4 Å². The molecule has 1 unspecified atom stereocenters. The Morgan fingerprint density at radius 3 is 2.70 bits per heavy atom. The second-order valence-electron chi connectivity index (χ2n) is 5.78. The van der Waals surface area contributed by atoms with E-state index >= 15 is 0 Å². The van der Waals surface area contributed by atoms with Crippen molar-refractivity contribution in [2.75, 3.05) is 0 Å². The van der Waals surface area contributed by atoms with Crippen LogP contribution < -0.4 is 5.32 Å². The number of halogens is 2. The first-order chi connectivity index (χ1) is 12.8. The van der Waals surface area contributed by atoms with Crippen LogP contribution in [0, 0.1) is 10.1 Å². The van der Waals surface area contributed by atoms with Crippen molar-refractivity contribution in [3.8, 4) is 5.69 Å².